The van der Waals surface area contributed by atoms with E-state index in [-0.39, 0.29) is 0 Å². The van der Waals surface area contributed by atoms with Crippen LogP contribution in [-0.4, -0.2) is 24.1 Å². The van der Waals surface area contributed by atoms with Gasteiger partial charge in [-0.3, -0.25) is 0 Å². The standard InChI is InChI=1S/C69H43N5S/c1-4-21-44(22-5-1)48-31-18-35-56(64(48)73-59-37-14-10-27-51(59)52-28-11-15-38-60(52)73)68-70-67(46-25-8-3-9-26-46)71-69(72-68)57-36-19-32-49(45-23-6-2-7-24-45)65(57)74-61-39-16-12-29-53(61)58-43-47(41-42-62(58)74)50-33-20-34-55-54-30-13-17-40-63(54)75-66(50)55/h1-43H. The van der Waals surface area contributed by atoms with Crippen LogP contribution in [0, 0.1) is 0 Å². The lowest BCUT2D eigenvalue weighted by Gasteiger charge is -2.20. The van der Waals surface area contributed by atoms with E-state index >= 15 is 0 Å². The second-order valence-corrected chi connectivity index (χ2v) is 20.1. The van der Waals surface area contributed by atoms with Crippen LogP contribution in [0.15, 0.2) is 261 Å². The van der Waals surface area contributed by atoms with E-state index in [2.05, 4.69) is 252 Å². The maximum atomic E-state index is 5.68. The normalized spacial score (nSPS) is 11.7. The maximum absolute atomic E-state index is 5.68. The second-order valence-electron chi connectivity index (χ2n) is 19.0. The molecule has 4 aromatic heterocycles. The lowest BCUT2D eigenvalue weighted by Crippen LogP contribution is -2.07. The number of aromatic nitrogens is 5. The molecule has 0 saturated carbocycles. The van der Waals surface area contributed by atoms with Gasteiger partial charge in [0.15, 0.2) is 17.5 Å². The zero-order valence-electron chi connectivity index (χ0n) is 40.5. The van der Waals surface area contributed by atoms with E-state index in [1.807, 2.05) is 29.5 Å². The molecule has 0 bridgehead atoms. The van der Waals surface area contributed by atoms with Crippen LogP contribution >= 0.6 is 11.3 Å². The van der Waals surface area contributed by atoms with Crippen LogP contribution < -0.4 is 0 Å². The fourth-order valence-corrected chi connectivity index (χ4v) is 12.7. The highest BCUT2D eigenvalue weighted by Gasteiger charge is 2.26. The van der Waals surface area contributed by atoms with Crippen LogP contribution in [-0.2, 0) is 0 Å². The zero-order valence-corrected chi connectivity index (χ0v) is 41.3. The highest BCUT2D eigenvalue weighted by atomic mass is 32.1. The first-order chi connectivity index (χ1) is 37.2. The highest BCUT2D eigenvalue weighted by molar-refractivity contribution is 7.26. The number of benzene rings is 11. The molecule has 5 nitrogen and oxygen atoms in total. The minimum absolute atomic E-state index is 0.573. The average Bonchev–Trinajstić information content (AvgIpc) is 4.16. The van der Waals surface area contributed by atoms with Crippen LogP contribution in [0.3, 0.4) is 0 Å². The molecular weight excluding hydrogens is 931 g/mol. The Labute approximate surface area is 436 Å². The summed E-state index contributed by atoms with van der Waals surface area (Å²) in [6.45, 7) is 0. The molecule has 11 aromatic carbocycles. The van der Waals surface area contributed by atoms with Gasteiger partial charge in [0, 0.05) is 69.5 Å². The number of rotatable bonds is 8. The fraction of sp³-hybridized carbons (Fsp3) is 0. The van der Waals surface area contributed by atoms with Crippen molar-refractivity contribution in [3.8, 4) is 78.9 Å². The van der Waals surface area contributed by atoms with Gasteiger partial charge in [-0.05, 0) is 70.8 Å². The molecule has 0 N–H and O–H groups in total. The molecule has 6 heteroatoms. The number of hydrogen-bond donors (Lipinski definition) is 0. The van der Waals surface area contributed by atoms with E-state index < -0.39 is 0 Å². The molecule has 350 valence electrons. The van der Waals surface area contributed by atoms with Crippen LogP contribution in [0.1, 0.15) is 0 Å². The molecule has 0 aliphatic heterocycles. The van der Waals surface area contributed by atoms with Gasteiger partial charge in [-0.15, -0.1) is 11.3 Å². The van der Waals surface area contributed by atoms with E-state index in [1.165, 1.54) is 52.8 Å². The lowest BCUT2D eigenvalue weighted by molar-refractivity contribution is 1.06. The van der Waals surface area contributed by atoms with Crippen molar-refractivity contribution in [3.63, 3.8) is 0 Å². The van der Waals surface area contributed by atoms with Gasteiger partial charge in [-0.2, -0.15) is 0 Å². The SMILES string of the molecule is c1ccc(-c2nc(-c3cccc(-c4ccccc4)c3-n3c4ccccc4c4ccccc43)nc(-c3cccc(-c4ccccc4)c3-n3c4ccccc4c4cc(-c5cccc6c5sc5ccccc56)ccc43)n2)cc1. The smallest absolute Gasteiger partial charge is 0.166 e. The first-order valence-electron chi connectivity index (χ1n) is 25.4. The van der Waals surface area contributed by atoms with Crippen molar-refractivity contribution in [1.82, 2.24) is 24.1 Å². The molecule has 0 atom stereocenters. The van der Waals surface area contributed by atoms with Crippen molar-refractivity contribution < 1.29 is 0 Å². The van der Waals surface area contributed by atoms with Crippen LogP contribution in [0.4, 0.5) is 0 Å². The van der Waals surface area contributed by atoms with Gasteiger partial charge in [-0.25, -0.2) is 15.0 Å². The van der Waals surface area contributed by atoms with Gasteiger partial charge in [0.05, 0.1) is 33.4 Å². The molecule has 15 aromatic rings. The fourth-order valence-electron chi connectivity index (χ4n) is 11.5. The third-order valence-electron chi connectivity index (χ3n) is 14.8. The van der Waals surface area contributed by atoms with Gasteiger partial charge in [0.25, 0.3) is 0 Å². The molecule has 0 radical (unpaired) electrons. The Hall–Kier alpha value is -9.75. The topological polar surface area (TPSA) is 48.5 Å². The summed E-state index contributed by atoms with van der Waals surface area (Å²) in [5.41, 5.74) is 15.8. The summed E-state index contributed by atoms with van der Waals surface area (Å²) in [6, 6.07) is 93.4. The van der Waals surface area contributed by atoms with Crippen LogP contribution in [0.2, 0.25) is 0 Å². The van der Waals surface area contributed by atoms with Gasteiger partial charge in [0.2, 0.25) is 0 Å². The molecule has 0 fully saturated rings. The molecule has 0 saturated heterocycles. The molecular formula is C69H43N5S. The van der Waals surface area contributed by atoms with Crippen molar-refractivity contribution in [3.05, 3.63) is 261 Å². The Morgan fingerprint density at radius 2 is 0.653 bits per heavy atom. The number of fused-ring (bicyclic) bond motifs is 9. The molecule has 75 heavy (non-hydrogen) atoms. The summed E-state index contributed by atoms with van der Waals surface area (Å²) in [5.74, 6) is 1.74. The molecule has 4 heterocycles. The third-order valence-corrected chi connectivity index (χ3v) is 16.0. The summed E-state index contributed by atoms with van der Waals surface area (Å²) in [5, 5.41) is 7.29. The van der Waals surface area contributed by atoms with E-state index in [1.54, 1.807) is 0 Å². The molecule has 0 amide bonds. The Bertz CT molecular complexity index is 4650. The largest absolute Gasteiger partial charge is 0.308 e. The van der Waals surface area contributed by atoms with E-state index in [9.17, 15) is 0 Å². The third kappa shape index (κ3) is 6.95. The summed E-state index contributed by atoms with van der Waals surface area (Å²) in [6.07, 6.45) is 0. The zero-order chi connectivity index (χ0) is 49.4. The summed E-state index contributed by atoms with van der Waals surface area (Å²) < 4.78 is 7.45. The minimum atomic E-state index is 0.573. The van der Waals surface area contributed by atoms with Crippen LogP contribution in [0.5, 0.6) is 0 Å². The maximum Gasteiger partial charge on any atom is 0.166 e. The summed E-state index contributed by atoms with van der Waals surface area (Å²) in [7, 11) is 0. The first-order valence-corrected chi connectivity index (χ1v) is 26.2. The Kier molecular flexibility index (Phi) is 10.00. The van der Waals surface area contributed by atoms with E-state index in [0.29, 0.717) is 17.5 Å². The Morgan fingerprint density at radius 1 is 0.253 bits per heavy atom. The molecule has 0 spiro atoms. The van der Waals surface area contributed by atoms with Gasteiger partial charge < -0.3 is 9.13 Å². The van der Waals surface area contributed by atoms with Crippen molar-refractivity contribution in [2.75, 3.05) is 0 Å². The average molecular weight is 974 g/mol. The van der Waals surface area contributed by atoms with Gasteiger partial charge >= 0.3 is 0 Å². The van der Waals surface area contributed by atoms with Crippen molar-refractivity contribution in [1.29, 1.82) is 0 Å². The number of nitrogens with zero attached hydrogens (tertiary/aromatic N) is 5. The minimum Gasteiger partial charge on any atom is -0.308 e. The van der Waals surface area contributed by atoms with Crippen molar-refractivity contribution >= 4 is 75.1 Å². The number of hydrogen-bond acceptors (Lipinski definition) is 4. The number of para-hydroxylation sites is 5. The van der Waals surface area contributed by atoms with E-state index in [4.69, 9.17) is 15.0 Å². The predicted octanol–water partition coefficient (Wildman–Crippen LogP) is 18.4. The molecule has 0 aliphatic rings. The molecule has 15 rings (SSSR count). The van der Waals surface area contributed by atoms with E-state index in [0.717, 1.165) is 72.4 Å². The van der Waals surface area contributed by atoms with Crippen LogP contribution in [0.25, 0.3) is 143 Å². The molecule has 0 aliphatic carbocycles. The number of thiophene rings is 1. The van der Waals surface area contributed by atoms with Crippen molar-refractivity contribution in [2.45, 2.75) is 0 Å². The predicted molar refractivity (Wildman–Crippen MR) is 314 cm³/mol. The second kappa shape index (κ2) is 17.5. The Balaban J connectivity index is 1.02. The highest BCUT2D eigenvalue weighted by Crippen LogP contribution is 2.46. The first kappa shape index (κ1) is 42.9. The van der Waals surface area contributed by atoms with Gasteiger partial charge in [0.1, 0.15) is 0 Å². The summed E-state index contributed by atoms with van der Waals surface area (Å²) in [4.78, 5) is 16.7. The molecule has 0 unspecified atom stereocenters. The lowest BCUT2D eigenvalue weighted by atomic mass is 9.98. The Morgan fingerprint density at radius 3 is 1.21 bits per heavy atom. The van der Waals surface area contributed by atoms with Crippen molar-refractivity contribution in [2.24, 2.45) is 0 Å². The van der Waals surface area contributed by atoms with Gasteiger partial charge in [-0.1, -0.05) is 212 Å². The monoisotopic (exact) mass is 973 g/mol. The summed E-state index contributed by atoms with van der Waals surface area (Å²) >= 11 is 1.87. The quantitative estimate of drug-likeness (QED) is 0.152.